The first-order chi connectivity index (χ1) is 14.5. The molecule has 0 spiro atoms. The molecule has 6 nitrogen and oxygen atoms in total. The standard InChI is InChI=1S/C22H29F2N3O3/c23-17-5-6-18(19(24)15-17)21(29)25-10-7-20(28)26-13-8-16(9-14-26)22(30)27-11-3-1-2-4-12-27/h5-6,15-16H,1-4,7-14H2,(H,25,29). The SMILES string of the molecule is O=C(NCCC(=O)N1CCC(C(=O)N2CCCCCC2)CC1)c1ccc(F)cc1F. The van der Waals surface area contributed by atoms with E-state index in [1.54, 1.807) is 4.90 Å². The van der Waals surface area contributed by atoms with Crippen LogP contribution in [-0.2, 0) is 9.59 Å². The molecule has 1 aromatic rings. The summed E-state index contributed by atoms with van der Waals surface area (Å²) < 4.78 is 26.6. The summed E-state index contributed by atoms with van der Waals surface area (Å²) in [7, 11) is 0. The van der Waals surface area contributed by atoms with Crippen molar-refractivity contribution in [2.45, 2.75) is 44.9 Å². The Morgan fingerprint density at radius 3 is 2.23 bits per heavy atom. The van der Waals surface area contributed by atoms with Crippen molar-refractivity contribution >= 4 is 17.7 Å². The van der Waals surface area contributed by atoms with E-state index in [0.29, 0.717) is 32.0 Å². The monoisotopic (exact) mass is 421 g/mol. The average Bonchev–Trinajstić information content (AvgIpc) is 3.02. The molecule has 0 saturated carbocycles. The van der Waals surface area contributed by atoms with Gasteiger partial charge in [0, 0.05) is 51.1 Å². The van der Waals surface area contributed by atoms with Crippen molar-refractivity contribution in [1.82, 2.24) is 15.1 Å². The first-order valence-electron chi connectivity index (χ1n) is 10.8. The second kappa shape index (κ2) is 10.5. The van der Waals surface area contributed by atoms with Crippen molar-refractivity contribution in [3.63, 3.8) is 0 Å². The highest BCUT2D eigenvalue weighted by Gasteiger charge is 2.30. The average molecular weight is 421 g/mol. The molecule has 164 valence electrons. The molecule has 1 aromatic carbocycles. The van der Waals surface area contributed by atoms with E-state index < -0.39 is 17.5 Å². The Morgan fingerprint density at radius 1 is 0.933 bits per heavy atom. The number of carbonyl (C=O) groups is 3. The Bertz CT molecular complexity index is 771. The quantitative estimate of drug-likeness (QED) is 0.795. The lowest BCUT2D eigenvalue weighted by molar-refractivity contribution is -0.140. The molecule has 2 fully saturated rings. The number of rotatable bonds is 5. The van der Waals surface area contributed by atoms with Crippen LogP contribution in [0.25, 0.3) is 0 Å². The van der Waals surface area contributed by atoms with Gasteiger partial charge in [0.05, 0.1) is 5.56 Å². The van der Waals surface area contributed by atoms with Gasteiger partial charge in [0.15, 0.2) is 0 Å². The predicted octanol–water partition coefficient (Wildman–Crippen LogP) is 2.73. The number of halogens is 2. The van der Waals surface area contributed by atoms with Gasteiger partial charge in [-0.15, -0.1) is 0 Å². The smallest absolute Gasteiger partial charge is 0.254 e. The fourth-order valence-electron chi connectivity index (χ4n) is 4.14. The molecule has 3 amide bonds. The molecular formula is C22H29F2N3O3. The van der Waals surface area contributed by atoms with Crippen molar-refractivity contribution in [2.75, 3.05) is 32.7 Å². The number of benzene rings is 1. The van der Waals surface area contributed by atoms with Crippen LogP contribution in [0.1, 0.15) is 55.3 Å². The minimum atomic E-state index is -0.935. The molecule has 3 rings (SSSR count). The highest BCUT2D eigenvalue weighted by molar-refractivity contribution is 5.94. The van der Waals surface area contributed by atoms with Crippen LogP contribution in [0.5, 0.6) is 0 Å². The van der Waals surface area contributed by atoms with E-state index in [-0.39, 0.29) is 36.3 Å². The molecule has 0 unspecified atom stereocenters. The molecule has 2 aliphatic heterocycles. The van der Waals surface area contributed by atoms with Crippen LogP contribution in [0.15, 0.2) is 18.2 Å². The highest BCUT2D eigenvalue weighted by atomic mass is 19.1. The maximum absolute atomic E-state index is 13.6. The molecule has 8 heteroatoms. The molecule has 2 aliphatic rings. The molecule has 0 aromatic heterocycles. The summed E-state index contributed by atoms with van der Waals surface area (Å²) in [5, 5.41) is 2.50. The lowest BCUT2D eigenvalue weighted by Gasteiger charge is -2.34. The number of carbonyl (C=O) groups excluding carboxylic acids is 3. The largest absolute Gasteiger partial charge is 0.351 e. The van der Waals surface area contributed by atoms with Gasteiger partial charge in [0.2, 0.25) is 11.8 Å². The Labute approximate surface area is 175 Å². The normalized spacial score (nSPS) is 18.1. The number of amides is 3. The second-order valence-electron chi connectivity index (χ2n) is 8.02. The Kier molecular flexibility index (Phi) is 7.76. The van der Waals surface area contributed by atoms with Crippen LogP contribution in [0.2, 0.25) is 0 Å². The minimum absolute atomic E-state index is 0.0201. The van der Waals surface area contributed by atoms with Gasteiger partial charge in [-0.3, -0.25) is 14.4 Å². The van der Waals surface area contributed by atoms with Crippen LogP contribution in [-0.4, -0.2) is 60.2 Å². The summed E-state index contributed by atoms with van der Waals surface area (Å²) in [4.78, 5) is 40.8. The third-order valence-electron chi connectivity index (χ3n) is 5.91. The molecule has 2 heterocycles. The van der Waals surface area contributed by atoms with Crippen LogP contribution in [0.4, 0.5) is 8.78 Å². The molecule has 0 bridgehead atoms. The number of hydrogen-bond acceptors (Lipinski definition) is 3. The predicted molar refractivity (Wildman–Crippen MR) is 108 cm³/mol. The Hall–Kier alpha value is -2.51. The number of nitrogens with zero attached hydrogens (tertiary/aromatic N) is 2. The zero-order chi connectivity index (χ0) is 21.5. The topological polar surface area (TPSA) is 69.7 Å². The maximum Gasteiger partial charge on any atom is 0.254 e. The van der Waals surface area contributed by atoms with E-state index in [0.717, 1.165) is 38.1 Å². The van der Waals surface area contributed by atoms with Crippen LogP contribution >= 0.6 is 0 Å². The van der Waals surface area contributed by atoms with E-state index in [9.17, 15) is 23.2 Å². The van der Waals surface area contributed by atoms with E-state index in [1.807, 2.05) is 4.90 Å². The van der Waals surface area contributed by atoms with Crippen molar-refractivity contribution in [1.29, 1.82) is 0 Å². The van der Waals surface area contributed by atoms with E-state index in [2.05, 4.69) is 5.32 Å². The van der Waals surface area contributed by atoms with E-state index in [4.69, 9.17) is 0 Å². The lowest BCUT2D eigenvalue weighted by Crippen LogP contribution is -2.45. The molecule has 0 aliphatic carbocycles. The fraction of sp³-hybridized carbons (Fsp3) is 0.591. The number of likely N-dealkylation sites (tertiary alicyclic amines) is 2. The third-order valence-corrected chi connectivity index (χ3v) is 5.91. The summed E-state index contributed by atoms with van der Waals surface area (Å²) >= 11 is 0. The van der Waals surface area contributed by atoms with Gasteiger partial charge < -0.3 is 15.1 Å². The number of piperidine rings is 1. The Morgan fingerprint density at radius 2 is 1.60 bits per heavy atom. The van der Waals surface area contributed by atoms with Gasteiger partial charge in [-0.25, -0.2) is 8.78 Å². The molecular weight excluding hydrogens is 392 g/mol. The van der Waals surface area contributed by atoms with E-state index in [1.165, 1.54) is 12.8 Å². The lowest BCUT2D eigenvalue weighted by atomic mass is 9.95. The highest BCUT2D eigenvalue weighted by Crippen LogP contribution is 2.22. The summed E-state index contributed by atoms with van der Waals surface area (Å²) in [6.45, 7) is 2.81. The third kappa shape index (κ3) is 5.77. The number of nitrogens with one attached hydrogen (secondary N) is 1. The van der Waals surface area contributed by atoms with Crippen molar-refractivity contribution < 1.29 is 23.2 Å². The van der Waals surface area contributed by atoms with Gasteiger partial charge in [-0.2, -0.15) is 0 Å². The minimum Gasteiger partial charge on any atom is -0.351 e. The molecule has 2 saturated heterocycles. The van der Waals surface area contributed by atoms with E-state index >= 15 is 0 Å². The summed E-state index contributed by atoms with van der Waals surface area (Å²) in [5.41, 5.74) is -0.253. The van der Waals surface area contributed by atoms with Crippen LogP contribution in [0.3, 0.4) is 0 Å². The molecule has 30 heavy (non-hydrogen) atoms. The van der Waals surface area contributed by atoms with Crippen molar-refractivity contribution in [2.24, 2.45) is 5.92 Å². The maximum atomic E-state index is 13.6. The zero-order valence-corrected chi connectivity index (χ0v) is 17.2. The van der Waals surface area contributed by atoms with Crippen LogP contribution in [0, 0.1) is 17.6 Å². The van der Waals surface area contributed by atoms with Gasteiger partial charge in [0.25, 0.3) is 5.91 Å². The Balaban J connectivity index is 1.39. The summed E-state index contributed by atoms with van der Waals surface area (Å²) in [6, 6.07) is 2.74. The van der Waals surface area contributed by atoms with Gasteiger partial charge in [0.1, 0.15) is 11.6 Å². The molecule has 0 radical (unpaired) electrons. The van der Waals surface area contributed by atoms with Gasteiger partial charge >= 0.3 is 0 Å². The van der Waals surface area contributed by atoms with Gasteiger partial charge in [-0.05, 0) is 37.8 Å². The molecule has 1 N–H and O–H groups in total. The van der Waals surface area contributed by atoms with Crippen molar-refractivity contribution in [3.8, 4) is 0 Å². The fourth-order valence-corrected chi connectivity index (χ4v) is 4.14. The zero-order valence-electron chi connectivity index (χ0n) is 17.2. The van der Waals surface area contributed by atoms with Gasteiger partial charge in [-0.1, -0.05) is 12.8 Å². The second-order valence-corrected chi connectivity index (χ2v) is 8.02. The summed E-state index contributed by atoms with van der Waals surface area (Å²) in [5.74, 6) is -2.27. The van der Waals surface area contributed by atoms with Crippen LogP contribution < -0.4 is 5.32 Å². The number of hydrogen-bond donors (Lipinski definition) is 1. The first-order valence-corrected chi connectivity index (χ1v) is 10.8. The molecule has 0 atom stereocenters. The van der Waals surface area contributed by atoms with Crippen molar-refractivity contribution in [3.05, 3.63) is 35.4 Å². The first kappa shape index (κ1) is 22.2. The summed E-state index contributed by atoms with van der Waals surface area (Å²) in [6.07, 6.45) is 5.91.